The lowest BCUT2D eigenvalue weighted by atomic mass is 10.1. The van der Waals surface area contributed by atoms with Crippen molar-refractivity contribution in [2.45, 2.75) is 27.3 Å². The zero-order chi connectivity index (χ0) is 22.8. The van der Waals surface area contributed by atoms with E-state index in [0.29, 0.717) is 49.5 Å². The number of aromatic nitrogens is 2. The van der Waals surface area contributed by atoms with Gasteiger partial charge in [0.15, 0.2) is 5.78 Å². The Bertz CT molecular complexity index is 1160. The molecule has 1 aromatic heterocycles. The number of nitrogens with zero attached hydrogens (tertiary/aromatic N) is 4. The Morgan fingerprint density at radius 1 is 0.969 bits per heavy atom. The molecule has 0 spiro atoms. The maximum Gasteiger partial charge on any atom is 0.253 e. The van der Waals surface area contributed by atoms with Crippen LogP contribution >= 0.6 is 0 Å². The van der Waals surface area contributed by atoms with Crippen molar-refractivity contribution in [3.8, 4) is 0 Å². The van der Waals surface area contributed by atoms with Crippen molar-refractivity contribution >= 4 is 17.4 Å². The molecule has 0 saturated carbocycles. The lowest BCUT2D eigenvalue weighted by molar-refractivity contribution is 0.0746. The van der Waals surface area contributed by atoms with Crippen LogP contribution in [0.1, 0.15) is 44.6 Å². The first-order valence-corrected chi connectivity index (χ1v) is 10.8. The standard InChI is InChI=1S/C25H27FN4O2/c1-17-13-18(2)30(27-17)16-20-5-4-6-22(14-20)25(32)29-11-9-28(10-12-29)24-8-7-21(19(3)31)15-23(24)26/h4-8,13-15H,9-12,16H2,1-3H3. The van der Waals surface area contributed by atoms with E-state index in [1.54, 1.807) is 17.0 Å². The summed E-state index contributed by atoms with van der Waals surface area (Å²) in [6, 6.07) is 14.3. The minimum absolute atomic E-state index is 0.0210. The first-order valence-electron chi connectivity index (χ1n) is 10.8. The van der Waals surface area contributed by atoms with Crippen LogP contribution < -0.4 is 4.90 Å². The number of carbonyl (C=O) groups excluding carboxylic acids is 2. The number of carbonyl (C=O) groups is 2. The molecule has 0 aliphatic carbocycles. The summed E-state index contributed by atoms with van der Waals surface area (Å²) in [4.78, 5) is 28.3. The summed E-state index contributed by atoms with van der Waals surface area (Å²) < 4.78 is 16.4. The van der Waals surface area contributed by atoms with Gasteiger partial charge in [-0.3, -0.25) is 14.3 Å². The molecule has 4 rings (SSSR count). The highest BCUT2D eigenvalue weighted by atomic mass is 19.1. The average Bonchev–Trinajstić information content (AvgIpc) is 3.10. The van der Waals surface area contributed by atoms with E-state index in [1.807, 2.05) is 53.8 Å². The Morgan fingerprint density at radius 3 is 2.34 bits per heavy atom. The van der Waals surface area contributed by atoms with Crippen LogP contribution in [0.25, 0.3) is 0 Å². The van der Waals surface area contributed by atoms with Gasteiger partial charge in [-0.2, -0.15) is 5.10 Å². The minimum atomic E-state index is -0.408. The molecule has 2 heterocycles. The molecule has 2 aromatic carbocycles. The van der Waals surface area contributed by atoms with E-state index in [1.165, 1.54) is 13.0 Å². The summed E-state index contributed by atoms with van der Waals surface area (Å²) in [5.41, 5.74) is 4.55. The second kappa shape index (κ2) is 8.94. The average molecular weight is 435 g/mol. The number of hydrogen-bond donors (Lipinski definition) is 0. The molecular formula is C25H27FN4O2. The van der Waals surface area contributed by atoms with E-state index in [9.17, 15) is 14.0 Å². The fourth-order valence-corrected chi connectivity index (χ4v) is 4.13. The van der Waals surface area contributed by atoms with Crippen molar-refractivity contribution in [1.82, 2.24) is 14.7 Å². The molecule has 7 heteroatoms. The smallest absolute Gasteiger partial charge is 0.253 e. The topological polar surface area (TPSA) is 58.4 Å². The number of piperazine rings is 1. The van der Waals surface area contributed by atoms with Crippen LogP contribution in [0.2, 0.25) is 0 Å². The van der Waals surface area contributed by atoms with E-state index >= 15 is 0 Å². The van der Waals surface area contributed by atoms with Crippen LogP contribution in [0.4, 0.5) is 10.1 Å². The molecule has 1 amide bonds. The third-order valence-corrected chi connectivity index (χ3v) is 5.87. The minimum Gasteiger partial charge on any atom is -0.366 e. The molecule has 0 radical (unpaired) electrons. The van der Waals surface area contributed by atoms with E-state index in [2.05, 4.69) is 5.10 Å². The second-order valence-electron chi connectivity index (χ2n) is 8.29. The van der Waals surface area contributed by atoms with Crippen LogP contribution in [-0.4, -0.2) is 52.5 Å². The number of anilines is 1. The van der Waals surface area contributed by atoms with Gasteiger partial charge in [0.05, 0.1) is 17.9 Å². The molecule has 0 N–H and O–H groups in total. The lowest BCUT2D eigenvalue weighted by Crippen LogP contribution is -2.49. The van der Waals surface area contributed by atoms with Gasteiger partial charge in [-0.15, -0.1) is 0 Å². The highest BCUT2D eigenvalue weighted by molar-refractivity contribution is 5.95. The van der Waals surface area contributed by atoms with Crippen LogP contribution in [-0.2, 0) is 6.54 Å². The van der Waals surface area contributed by atoms with E-state index in [4.69, 9.17) is 0 Å². The largest absolute Gasteiger partial charge is 0.366 e. The Kier molecular flexibility index (Phi) is 6.08. The van der Waals surface area contributed by atoms with Gasteiger partial charge in [-0.05, 0) is 62.7 Å². The Balaban J connectivity index is 1.41. The quantitative estimate of drug-likeness (QED) is 0.573. The van der Waals surface area contributed by atoms with Crippen LogP contribution in [0.3, 0.4) is 0 Å². The molecule has 6 nitrogen and oxygen atoms in total. The van der Waals surface area contributed by atoms with E-state index in [0.717, 1.165) is 17.0 Å². The molecule has 0 atom stereocenters. The molecule has 166 valence electrons. The van der Waals surface area contributed by atoms with E-state index in [-0.39, 0.29) is 11.7 Å². The van der Waals surface area contributed by atoms with Gasteiger partial charge in [-0.1, -0.05) is 12.1 Å². The molecule has 0 bridgehead atoms. The van der Waals surface area contributed by atoms with Crippen molar-refractivity contribution < 1.29 is 14.0 Å². The van der Waals surface area contributed by atoms with Gasteiger partial charge in [0.25, 0.3) is 5.91 Å². The van der Waals surface area contributed by atoms with Crippen molar-refractivity contribution in [3.05, 3.63) is 82.4 Å². The Morgan fingerprint density at radius 2 is 1.72 bits per heavy atom. The maximum atomic E-state index is 14.5. The first kappa shape index (κ1) is 21.7. The summed E-state index contributed by atoms with van der Waals surface area (Å²) in [5, 5.41) is 4.50. The van der Waals surface area contributed by atoms with Crippen molar-refractivity contribution in [2.24, 2.45) is 0 Å². The molecule has 1 aliphatic rings. The van der Waals surface area contributed by atoms with Crippen LogP contribution in [0.15, 0.2) is 48.5 Å². The number of benzene rings is 2. The van der Waals surface area contributed by atoms with Gasteiger partial charge >= 0.3 is 0 Å². The summed E-state index contributed by atoms with van der Waals surface area (Å²) in [6.07, 6.45) is 0. The second-order valence-corrected chi connectivity index (χ2v) is 8.29. The third kappa shape index (κ3) is 4.56. The first-order chi connectivity index (χ1) is 15.3. The summed E-state index contributed by atoms with van der Waals surface area (Å²) in [6.45, 7) is 8.11. The number of ketones is 1. The number of hydrogen-bond acceptors (Lipinski definition) is 4. The fourth-order valence-electron chi connectivity index (χ4n) is 4.13. The molecule has 1 saturated heterocycles. The maximum absolute atomic E-state index is 14.5. The Labute approximate surface area is 187 Å². The number of rotatable bonds is 5. The monoisotopic (exact) mass is 434 g/mol. The summed E-state index contributed by atoms with van der Waals surface area (Å²) in [5.74, 6) is -0.590. The molecular weight excluding hydrogens is 407 g/mol. The number of halogens is 1. The third-order valence-electron chi connectivity index (χ3n) is 5.87. The zero-order valence-electron chi connectivity index (χ0n) is 18.6. The predicted molar refractivity (Wildman–Crippen MR) is 122 cm³/mol. The van der Waals surface area contributed by atoms with Gasteiger partial charge in [-0.25, -0.2) is 4.39 Å². The summed E-state index contributed by atoms with van der Waals surface area (Å²) in [7, 11) is 0. The van der Waals surface area contributed by atoms with Crippen molar-refractivity contribution in [3.63, 3.8) is 0 Å². The fraction of sp³-hybridized carbons (Fsp3) is 0.320. The molecule has 0 unspecified atom stereocenters. The Hall–Kier alpha value is -3.48. The molecule has 1 aliphatic heterocycles. The molecule has 3 aromatic rings. The van der Waals surface area contributed by atoms with Crippen molar-refractivity contribution in [1.29, 1.82) is 0 Å². The van der Waals surface area contributed by atoms with Crippen LogP contribution in [0, 0.1) is 19.7 Å². The predicted octanol–water partition coefficient (Wildman–Crippen LogP) is 3.85. The molecule has 1 fully saturated rings. The normalized spacial score (nSPS) is 14.0. The molecule has 32 heavy (non-hydrogen) atoms. The highest BCUT2D eigenvalue weighted by Gasteiger charge is 2.24. The van der Waals surface area contributed by atoms with Crippen molar-refractivity contribution in [2.75, 3.05) is 31.1 Å². The number of aryl methyl sites for hydroxylation is 2. The zero-order valence-corrected chi connectivity index (χ0v) is 18.6. The number of Topliss-reactive ketones (excluding diaryl/α,β-unsaturated/α-hetero) is 1. The van der Waals surface area contributed by atoms with Gasteiger partial charge in [0.1, 0.15) is 5.82 Å². The highest BCUT2D eigenvalue weighted by Crippen LogP contribution is 2.23. The van der Waals surface area contributed by atoms with Crippen LogP contribution in [0.5, 0.6) is 0 Å². The lowest BCUT2D eigenvalue weighted by Gasteiger charge is -2.36. The number of amides is 1. The van der Waals surface area contributed by atoms with E-state index < -0.39 is 5.82 Å². The van der Waals surface area contributed by atoms with Gasteiger partial charge in [0.2, 0.25) is 0 Å². The summed E-state index contributed by atoms with van der Waals surface area (Å²) >= 11 is 0. The SMILES string of the molecule is CC(=O)c1ccc(N2CCN(C(=O)c3cccc(Cn4nc(C)cc4C)c3)CC2)c(F)c1. The van der Waals surface area contributed by atoms with Gasteiger partial charge in [0, 0.05) is 43.0 Å². The van der Waals surface area contributed by atoms with Gasteiger partial charge < -0.3 is 9.80 Å².